The molecule has 0 saturated carbocycles. The number of unbranched alkanes of at least 4 members (excludes halogenated alkanes) is 30. The molecule has 0 saturated heterocycles. The summed E-state index contributed by atoms with van der Waals surface area (Å²) >= 11 is 0. The number of hydrogen-bond acceptors (Lipinski definition) is 1. The molecule has 44 heavy (non-hydrogen) atoms. The number of nitrogens with one attached hydrogen (secondary N) is 1. The minimum Gasteiger partial charge on any atom is -1.00 e. The minimum atomic E-state index is 0. The van der Waals surface area contributed by atoms with Crippen LogP contribution in [0, 0.1) is 5.92 Å². The van der Waals surface area contributed by atoms with E-state index >= 15 is 0 Å². The maximum Gasteiger partial charge on any atom is 0.100 e. The number of aliphatic hydroxyl groups is 1. The van der Waals surface area contributed by atoms with E-state index in [9.17, 15) is 5.11 Å². The van der Waals surface area contributed by atoms with Crippen molar-refractivity contribution in [3.63, 3.8) is 0 Å². The van der Waals surface area contributed by atoms with E-state index in [0.29, 0.717) is 6.61 Å². The monoisotopic (exact) mass is 644 g/mol. The zero-order chi connectivity index (χ0) is 31.3. The van der Waals surface area contributed by atoms with Crippen molar-refractivity contribution in [2.45, 2.75) is 232 Å². The minimum absolute atomic E-state index is 0. The molecule has 0 aromatic rings. The number of rotatable bonds is 38. The van der Waals surface area contributed by atoms with E-state index in [4.69, 9.17) is 0 Å². The van der Waals surface area contributed by atoms with Gasteiger partial charge in [-0.25, -0.2) is 0 Å². The Morgan fingerprint density at radius 1 is 0.386 bits per heavy atom. The molecule has 0 spiro atoms. The van der Waals surface area contributed by atoms with Crippen LogP contribution < -0.4 is 17.3 Å². The first kappa shape index (κ1) is 46.3. The molecule has 268 valence electrons. The van der Waals surface area contributed by atoms with Crippen molar-refractivity contribution < 1.29 is 22.4 Å². The lowest BCUT2D eigenvalue weighted by molar-refractivity contribution is -0.883. The standard InChI is InChI=1S/C41H85NO.ClH/c1-4-6-8-10-12-14-16-18-20-22-24-26-28-30-32-34-36-41(40-42(3)38-39-43)37-35-33-31-29-27-25-23-21-19-17-15-13-11-9-7-5-2;/h41,43H,4-40H2,1-3H3;1H. The highest BCUT2D eigenvalue weighted by Crippen LogP contribution is 2.20. The van der Waals surface area contributed by atoms with Crippen LogP contribution in [0.1, 0.15) is 232 Å². The van der Waals surface area contributed by atoms with Crippen molar-refractivity contribution in [2.75, 3.05) is 26.7 Å². The summed E-state index contributed by atoms with van der Waals surface area (Å²) in [5.41, 5.74) is 0. The van der Waals surface area contributed by atoms with Gasteiger partial charge in [0.25, 0.3) is 0 Å². The third kappa shape index (κ3) is 38.4. The van der Waals surface area contributed by atoms with Gasteiger partial charge >= 0.3 is 0 Å². The highest BCUT2D eigenvalue weighted by Gasteiger charge is 2.14. The second kappa shape index (κ2) is 41.2. The van der Waals surface area contributed by atoms with E-state index in [0.717, 1.165) is 12.5 Å². The second-order valence-corrected chi connectivity index (χ2v) is 14.7. The fourth-order valence-corrected chi connectivity index (χ4v) is 7.10. The highest BCUT2D eigenvalue weighted by atomic mass is 35.5. The summed E-state index contributed by atoms with van der Waals surface area (Å²) in [6, 6.07) is 0. The molecule has 0 radical (unpaired) electrons. The lowest BCUT2D eigenvalue weighted by atomic mass is 9.93. The van der Waals surface area contributed by atoms with Crippen LogP contribution in [0.15, 0.2) is 0 Å². The third-order valence-electron chi connectivity index (χ3n) is 10.1. The van der Waals surface area contributed by atoms with Gasteiger partial charge in [0.05, 0.1) is 20.2 Å². The summed E-state index contributed by atoms with van der Waals surface area (Å²) in [4.78, 5) is 1.53. The van der Waals surface area contributed by atoms with E-state index in [2.05, 4.69) is 20.9 Å². The summed E-state index contributed by atoms with van der Waals surface area (Å²) in [7, 11) is 2.28. The molecule has 1 atom stereocenters. The average Bonchev–Trinajstić information content (AvgIpc) is 3.00. The van der Waals surface area contributed by atoms with Gasteiger partial charge in [-0.3, -0.25) is 0 Å². The molecule has 2 N–H and O–H groups in total. The SMILES string of the molecule is CCCCCCCCCCCCCCCCCCC(CCCCCCCCCCCCCCCCCC)C[NH+](C)CCO.[Cl-]. The van der Waals surface area contributed by atoms with Gasteiger partial charge in [-0.15, -0.1) is 0 Å². The zero-order valence-electron chi connectivity index (χ0n) is 31.1. The van der Waals surface area contributed by atoms with Gasteiger partial charge in [-0.2, -0.15) is 0 Å². The maximum absolute atomic E-state index is 9.38. The van der Waals surface area contributed by atoms with Gasteiger partial charge in [0, 0.05) is 5.92 Å². The first-order chi connectivity index (χ1) is 21.2. The van der Waals surface area contributed by atoms with Crippen LogP contribution in [0.2, 0.25) is 0 Å². The Bertz CT molecular complexity index is 451. The number of quaternary nitrogens is 1. The molecule has 0 aromatic heterocycles. The molecule has 2 nitrogen and oxygen atoms in total. The van der Waals surface area contributed by atoms with Crippen LogP contribution in [-0.2, 0) is 0 Å². The fourth-order valence-electron chi connectivity index (χ4n) is 7.10. The van der Waals surface area contributed by atoms with Crippen molar-refractivity contribution in [1.29, 1.82) is 0 Å². The van der Waals surface area contributed by atoms with E-state index in [-0.39, 0.29) is 12.4 Å². The lowest BCUT2D eigenvalue weighted by Gasteiger charge is -2.21. The molecule has 0 amide bonds. The molecule has 0 rings (SSSR count). The summed E-state index contributed by atoms with van der Waals surface area (Å²) < 4.78 is 0. The Hall–Kier alpha value is 0.210. The van der Waals surface area contributed by atoms with Crippen LogP contribution in [0.5, 0.6) is 0 Å². The lowest BCUT2D eigenvalue weighted by Crippen LogP contribution is -3.10. The van der Waals surface area contributed by atoms with E-state index in [1.165, 1.54) is 230 Å². The summed E-state index contributed by atoms with van der Waals surface area (Å²) in [6.45, 7) is 7.12. The van der Waals surface area contributed by atoms with Crippen LogP contribution >= 0.6 is 0 Å². The van der Waals surface area contributed by atoms with Gasteiger partial charge in [0.1, 0.15) is 6.54 Å². The number of likely N-dealkylation sites (N-methyl/N-ethyl adjacent to an activating group) is 1. The van der Waals surface area contributed by atoms with Gasteiger partial charge in [0.15, 0.2) is 0 Å². The molecule has 0 aliphatic rings. The van der Waals surface area contributed by atoms with Crippen molar-refractivity contribution in [1.82, 2.24) is 0 Å². The highest BCUT2D eigenvalue weighted by molar-refractivity contribution is 4.60. The topological polar surface area (TPSA) is 24.7 Å². The maximum atomic E-state index is 9.38. The summed E-state index contributed by atoms with van der Waals surface area (Å²) in [5, 5.41) is 9.38. The molecular weight excluding hydrogens is 558 g/mol. The Morgan fingerprint density at radius 2 is 0.614 bits per heavy atom. The Kier molecular flexibility index (Phi) is 43.4. The van der Waals surface area contributed by atoms with Gasteiger partial charge < -0.3 is 22.4 Å². The predicted molar refractivity (Wildman–Crippen MR) is 196 cm³/mol. The summed E-state index contributed by atoms with van der Waals surface area (Å²) in [5.74, 6) is 0.866. The molecular formula is C41H86ClNO. The van der Waals surface area contributed by atoms with Crippen LogP contribution in [0.3, 0.4) is 0 Å². The van der Waals surface area contributed by atoms with Gasteiger partial charge in [-0.1, -0.05) is 219 Å². The van der Waals surface area contributed by atoms with Gasteiger partial charge in [0.2, 0.25) is 0 Å². The Morgan fingerprint density at radius 3 is 0.841 bits per heavy atom. The molecule has 0 aliphatic heterocycles. The van der Waals surface area contributed by atoms with Crippen LogP contribution in [-0.4, -0.2) is 31.9 Å². The molecule has 3 heteroatoms. The fraction of sp³-hybridized carbons (Fsp3) is 1.00. The Labute approximate surface area is 286 Å². The molecule has 1 unspecified atom stereocenters. The van der Waals surface area contributed by atoms with Crippen molar-refractivity contribution in [2.24, 2.45) is 5.92 Å². The molecule has 0 fully saturated rings. The van der Waals surface area contributed by atoms with E-state index in [1.807, 2.05) is 0 Å². The number of aliphatic hydroxyl groups excluding tert-OH is 1. The first-order valence-electron chi connectivity index (χ1n) is 20.7. The smallest absolute Gasteiger partial charge is 0.100 e. The number of hydrogen-bond donors (Lipinski definition) is 2. The van der Waals surface area contributed by atoms with Gasteiger partial charge in [-0.05, 0) is 12.8 Å². The van der Waals surface area contributed by atoms with Crippen LogP contribution in [0.25, 0.3) is 0 Å². The zero-order valence-corrected chi connectivity index (χ0v) is 31.8. The number of halogens is 1. The van der Waals surface area contributed by atoms with E-state index in [1.54, 1.807) is 0 Å². The summed E-state index contributed by atoms with van der Waals surface area (Å²) in [6.07, 6.45) is 49.3. The molecule has 0 bridgehead atoms. The largest absolute Gasteiger partial charge is 1.00 e. The quantitative estimate of drug-likeness (QED) is 0.0644. The third-order valence-corrected chi connectivity index (χ3v) is 10.1. The second-order valence-electron chi connectivity index (χ2n) is 14.7. The van der Waals surface area contributed by atoms with E-state index < -0.39 is 0 Å². The van der Waals surface area contributed by atoms with Crippen molar-refractivity contribution >= 4 is 0 Å². The van der Waals surface area contributed by atoms with Crippen LogP contribution in [0.4, 0.5) is 0 Å². The molecule has 0 heterocycles. The Balaban J connectivity index is 0. The predicted octanol–water partition coefficient (Wildman–Crippen LogP) is 9.42. The normalized spacial score (nSPS) is 12.2. The average molecular weight is 645 g/mol. The molecule has 0 aromatic carbocycles. The molecule has 0 aliphatic carbocycles. The van der Waals surface area contributed by atoms with Crippen molar-refractivity contribution in [3.05, 3.63) is 0 Å². The van der Waals surface area contributed by atoms with Crippen molar-refractivity contribution in [3.8, 4) is 0 Å². The first-order valence-corrected chi connectivity index (χ1v) is 20.7.